The summed E-state index contributed by atoms with van der Waals surface area (Å²) in [6.45, 7) is 4.61. The fraction of sp³-hybridized carbons (Fsp3) is 1.00. The van der Waals surface area contributed by atoms with Crippen LogP contribution in [0.15, 0.2) is 0 Å². The third kappa shape index (κ3) is 3.18. The first-order chi connectivity index (χ1) is 7.24. The van der Waals surface area contributed by atoms with Crippen LogP contribution in [-0.4, -0.2) is 37.1 Å². The van der Waals surface area contributed by atoms with E-state index in [1.807, 2.05) is 0 Å². The third-order valence-electron chi connectivity index (χ3n) is 4.14. The number of nitrogens with one attached hydrogen (secondary N) is 1. The van der Waals surface area contributed by atoms with E-state index in [4.69, 9.17) is 0 Å². The molecule has 0 spiro atoms. The number of nitrogens with zero attached hydrogens (tertiary/aromatic N) is 1. The molecule has 0 heterocycles. The Labute approximate surface area is 95.4 Å². The highest BCUT2D eigenvalue weighted by molar-refractivity contribution is 4.88. The van der Waals surface area contributed by atoms with Crippen molar-refractivity contribution in [3.05, 3.63) is 0 Å². The Hall–Kier alpha value is -0.0800. The van der Waals surface area contributed by atoms with Crippen LogP contribution in [0.25, 0.3) is 0 Å². The van der Waals surface area contributed by atoms with Gasteiger partial charge in [0.25, 0.3) is 0 Å². The first-order valence-electron chi connectivity index (χ1n) is 6.63. The van der Waals surface area contributed by atoms with Gasteiger partial charge in [-0.15, -0.1) is 0 Å². The normalized spacial score (nSPS) is 27.6. The molecule has 0 aromatic heterocycles. The zero-order valence-corrected chi connectivity index (χ0v) is 10.9. The zero-order valence-electron chi connectivity index (χ0n) is 10.9. The molecule has 1 rings (SSSR count). The molecule has 0 saturated heterocycles. The van der Waals surface area contributed by atoms with Gasteiger partial charge in [-0.1, -0.05) is 26.7 Å². The summed E-state index contributed by atoms with van der Waals surface area (Å²) >= 11 is 0. The summed E-state index contributed by atoms with van der Waals surface area (Å²) in [7, 11) is 4.43. The van der Waals surface area contributed by atoms with E-state index in [9.17, 15) is 0 Å². The molecule has 0 radical (unpaired) electrons. The first kappa shape index (κ1) is 13.0. The lowest BCUT2D eigenvalue weighted by Gasteiger charge is -2.41. The largest absolute Gasteiger partial charge is 0.315 e. The van der Waals surface area contributed by atoms with Crippen LogP contribution in [0.4, 0.5) is 0 Å². The highest BCUT2D eigenvalue weighted by Crippen LogP contribution is 2.25. The van der Waals surface area contributed by atoms with Gasteiger partial charge in [0.1, 0.15) is 0 Å². The van der Waals surface area contributed by atoms with Gasteiger partial charge in [-0.3, -0.25) is 4.90 Å². The topological polar surface area (TPSA) is 15.3 Å². The number of rotatable bonds is 5. The Kier molecular flexibility index (Phi) is 5.62. The lowest BCUT2D eigenvalue weighted by molar-refractivity contribution is 0.104. The minimum Gasteiger partial charge on any atom is -0.315 e. The molecule has 0 aliphatic heterocycles. The van der Waals surface area contributed by atoms with E-state index in [0.29, 0.717) is 6.04 Å². The molecule has 15 heavy (non-hydrogen) atoms. The maximum absolute atomic E-state index is 3.50. The van der Waals surface area contributed by atoms with Crippen molar-refractivity contribution in [1.82, 2.24) is 10.2 Å². The van der Waals surface area contributed by atoms with Gasteiger partial charge in [0.2, 0.25) is 0 Å². The Morgan fingerprint density at radius 1 is 1.20 bits per heavy atom. The standard InChI is InChI=1S/C13H28N2/c1-5-11(6-2)15(4)13-10-8-7-9-12(13)14-3/h11-14H,5-10H2,1-4H3. The molecular formula is C13H28N2. The van der Waals surface area contributed by atoms with E-state index < -0.39 is 0 Å². The highest BCUT2D eigenvalue weighted by atomic mass is 15.2. The molecule has 1 fully saturated rings. The van der Waals surface area contributed by atoms with Crippen LogP contribution in [-0.2, 0) is 0 Å². The van der Waals surface area contributed by atoms with Crippen LogP contribution in [0.5, 0.6) is 0 Å². The second-order valence-electron chi connectivity index (χ2n) is 4.88. The predicted octanol–water partition coefficient (Wildman–Crippen LogP) is 2.64. The Balaban J connectivity index is 2.57. The van der Waals surface area contributed by atoms with Crippen LogP contribution in [0.2, 0.25) is 0 Å². The Morgan fingerprint density at radius 3 is 2.33 bits per heavy atom. The summed E-state index contributed by atoms with van der Waals surface area (Å²) in [5.41, 5.74) is 0. The van der Waals surface area contributed by atoms with E-state index in [1.54, 1.807) is 0 Å². The molecule has 1 aliphatic carbocycles. The van der Waals surface area contributed by atoms with E-state index in [2.05, 4.69) is 38.2 Å². The molecule has 0 bridgehead atoms. The molecule has 2 heteroatoms. The van der Waals surface area contributed by atoms with Crippen molar-refractivity contribution in [2.24, 2.45) is 0 Å². The van der Waals surface area contributed by atoms with Crippen LogP contribution in [0, 0.1) is 0 Å². The summed E-state index contributed by atoms with van der Waals surface area (Å²) in [5.74, 6) is 0. The minimum atomic E-state index is 0.712. The van der Waals surface area contributed by atoms with Gasteiger partial charge in [0.05, 0.1) is 0 Å². The maximum atomic E-state index is 3.50. The van der Waals surface area contributed by atoms with Crippen LogP contribution in [0.3, 0.4) is 0 Å². The van der Waals surface area contributed by atoms with Gasteiger partial charge in [-0.05, 0) is 39.8 Å². The molecule has 1 saturated carbocycles. The lowest BCUT2D eigenvalue weighted by atomic mass is 9.88. The fourth-order valence-electron chi connectivity index (χ4n) is 3.07. The summed E-state index contributed by atoms with van der Waals surface area (Å²) < 4.78 is 0. The maximum Gasteiger partial charge on any atom is 0.0249 e. The van der Waals surface area contributed by atoms with Gasteiger partial charge < -0.3 is 5.32 Å². The summed E-state index contributed by atoms with van der Waals surface area (Å²) in [6.07, 6.45) is 8.09. The van der Waals surface area contributed by atoms with Crippen molar-refractivity contribution in [2.45, 2.75) is 70.5 Å². The van der Waals surface area contributed by atoms with Crippen molar-refractivity contribution in [3.63, 3.8) is 0 Å². The zero-order chi connectivity index (χ0) is 11.3. The van der Waals surface area contributed by atoms with Crippen molar-refractivity contribution in [3.8, 4) is 0 Å². The van der Waals surface area contributed by atoms with Crippen LogP contribution < -0.4 is 5.32 Å². The van der Waals surface area contributed by atoms with Gasteiger partial charge in [-0.2, -0.15) is 0 Å². The average molecular weight is 212 g/mol. The fourth-order valence-corrected chi connectivity index (χ4v) is 3.07. The monoisotopic (exact) mass is 212 g/mol. The molecule has 2 atom stereocenters. The highest BCUT2D eigenvalue weighted by Gasteiger charge is 2.29. The molecule has 1 aliphatic rings. The number of hydrogen-bond donors (Lipinski definition) is 1. The molecule has 90 valence electrons. The molecule has 0 aromatic carbocycles. The average Bonchev–Trinajstić information content (AvgIpc) is 2.30. The molecule has 1 N–H and O–H groups in total. The second-order valence-corrected chi connectivity index (χ2v) is 4.88. The van der Waals surface area contributed by atoms with Gasteiger partial charge in [0, 0.05) is 18.1 Å². The first-order valence-corrected chi connectivity index (χ1v) is 6.63. The van der Waals surface area contributed by atoms with Gasteiger partial charge in [-0.25, -0.2) is 0 Å². The van der Waals surface area contributed by atoms with Gasteiger partial charge >= 0.3 is 0 Å². The van der Waals surface area contributed by atoms with E-state index in [-0.39, 0.29) is 0 Å². The van der Waals surface area contributed by atoms with Gasteiger partial charge in [0.15, 0.2) is 0 Å². The van der Waals surface area contributed by atoms with E-state index in [1.165, 1.54) is 38.5 Å². The summed E-state index contributed by atoms with van der Waals surface area (Å²) in [4.78, 5) is 2.63. The molecule has 2 nitrogen and oxygen atoms in total. The van der Waals surface area contributed by atoms with Crippen molar-refractivity contribution < 1.29 is 0 Å². The van der Waals surface area contributed by atoms with Crippen molar-refractivity contribution in [2.75, 3.05) is 14.1 Å². The summed E-state index contributed by atoms with van der Waals surface area (Å²) in [5, 5.41) is 3.50. The smallest absolute Gasteiger partial charge is 0.0249 e. The predicted molar refractivity (Wildman–Crippen MR) is 67.2 cm³/mol. The molecule has 2 unspecified atom stereocenters. The van der Waals surface area contributed by atoms with Crippen molar-refractivity contribution in [1.29, 1.82) is 0 Å². The summed E-state index contributed by atoms with van der Waals surface area (Å²) in [6, 6.07) is 2.24. The molecule has 0 amide bonds. The third-order valence-corrected chi connectivity index (χ3v) is 4.14. The second kappa shape index (κ2) is 6.49. The lowest BCUT2D eigenvalue weighted by Crippen LogP contribution is -2.52. The van der Waals surface area contributed by atoms with Crippen LogP contribution >= 0.6 is 0 Å². The number of likely N-dealkylation sites (N-methyl/N-ethyl adjacent to an activating group) is 2. The molecule has 0 aromatic rings. The Morgan fingerprint density at radius 2 is 1.80 bits per heavy atom. The molecular weight excluding hydrogens is 184 g/mol. The van der Waals surface area contributed by atoms with Crippen LogP contribution in [0.1, 0.15) is 52.4 Å². The number of hydrogen-bond acceptors (Lipinski definition) is 2. The van der Waals surface area contributed by atoms with E-state index in [0.717, 1.165) is 12.1 Å². The minimum absolute atomic E-state index is 0.712. The van der Waals surface area contributed by atoms with E-state index >= 15 is 0 Å². The SMILES string of the molecule is CCC(CC)N(C)C1CCCCC1NC. The Bertz CT molecular complexity index is 166. The quantitative estimate of drug-likeness (QED) is 0.753. The van der Waals surface area contributed by atoms with Crippen molar-refractivity contribution >= 4 is 0 Å².